The smallest absolute Gasteiger partial charge is 0.224 e. The summed E-state index contributed by atoms with van der Waals surface area (Å²) >= 11 is 0. The van der Waals surface area contributed by atoms with E-state index in [2.05, 4.69) is 5.32 Å². The van der Waals surface area contributed by atoms with Crippen LogP contribution < -0.4 is 11.1 Å². The van der Waals surface area contributed by atoms with E-state index in [0.29, 0.717) is 13.0 Å². The predicted molar refractivity (Wildman–Crippen MR) is 77.3 cm³/mol. The van der Waals surface area contributed by atoms with Crippen molar-refractivity contribution in [1.82, 2.24) is 4.57 Å². The minimum absolute atomic E-state index is 0.0399. The molecular weight excluding hydrogens is 238 g/mol. The van der Waals surface area contributed by atoms with Crippen LogP contribution in [0, 0.1) is 0 Å². The second-order valence-electron chi connectivity index (χ2n) is 4.43. The van der Waals surface area contributed by atoms with E-state index in [4.69, 9.17) is 5.73 Å². The third-order valence-electron chi connectivity index (χ3n) is 2.89. The molecular formula is C15H19N3O. The minimum atomic E-state index is 0.0399. The first-order chi connectivity index (χ1) is 9.29. The molecule has 0 bridgehead atoms. The van der Waals surface area contributed by atoms with Gasteiger partial charge in [-0.25, -0.2) is 0 Å². The Hall–Kier alpha value is -2.07. The lowest BCUT2D eigenvalue weighted by atomic mass is 10.2. The molecule has 2 aromatic rings. The number of anilines is 1. The van der Waals surface area contributed by atoms with E-state index in [1.807, 2.05) is 53.4 Å². The zero-order valence-electron chi connectivity index (χ0n) is 10.9. The average Bonchev–Trinajstić information content (AvgIpc) is 2.93. The second kappa shape index (κ2) is 6.75. The van der Waals surface area contributed by atoms with Crippen molar-refractivity contribution < 1.29 is 4.79 Å². The molecule has 0 atom stereocenters. The van der Waals surface area contributed by atoms with Gasteiger partial charge in [-0.1, -0.05) is 6.07 Å². The number of benzene rings is 1. The van der Waals surface area contributed by atoms with Crippen LogP contribution in [0.25, 0.3) is 5.69 Å². The van der Waals surface area contributed by atoms with Crippen LogP contribution in [-0.4, -0.2) is 17.0 Å². The van der Waals surface area contributed by atoms with Gasteiger partial charge < -0.3 is 15.6 Å². The number of carbonyl (C=O) groups is 1. The summed E-state index contributed by atoms with van der Waals surface area (Å²) in [5, 5.41) is 2.91. The number of aromatic nitrogens is 1. The number of nitrogens with two attached hydrogens (primary N) is 1. The number of hydrogen-bond acceptors (Lipinski definition) is 2. The molecule has 0 saturated carbocycles. The second-order valence-corrected chi connectivity index (χ2v) is 4.43. The summed E-state index contributed by atoms with van der Waals surface area (Å²) in [5.74, 6) is 0.0399. The van der Waals surface area contributed by atoms with Crippen molar-refractivity contribution in [3.8, 4) is 5.69 Å². The van der Waals surface area contributed by atoms with Gasteiger partial charge in [-0.3, -0.25) is 4.79 Å². The molecule has 0 spiro atoms. The number of unbranched alkanes of at least 4 members (excludes halogenated alkanes) is 1. The van der Waals surface area contributed by atoms with Crippen LogP contribution in [0.4, 0.5) is 5.69 Å². The maximum Gasteiger partial charge on any atom is 0.224 e. The first-order valence-corrected chi connectivity index (χ1v) is 6.53. The number of carbonyl (C=O) groups excluding carboxylic acids is 1. The monoisotopic (exact) mass is 257 g/mol. The highest BCUT2D eigenvalue weighted by atomic mass is 16.1. The third kappa shape index (κ3) is 3.96. The van der Waals surface area contributed by atoms with Gasteiger partial charge in [-0.05, 0) is 49.7 Å². The van der Waals surface area contributed by atoms with Crippen LogP contribution >= 0.6 is 0 Å². The van der Waals surface area contributed by atoms with Gasteiger partial charge in [0, 0.05) is 30.2 Å². The average molecular weight is 257 g/mol. The van der Waals surface area contributed by atoms with Crippen molar-refractivity contribution in [2.75, 3.05) is 11.9 Å². The highest BCUT2D eigenvalue weighted by Crippen LogP contribution is 2.15. The molecule has 0 radical (unpaired) electrons. The van der Waals surface area contributed by atoms with Crippen molar-refractivity contribution in [2.45, 2.75) is 19.3 Å². The number of amides is 1. The molecule has 0 unspecified atom stereocenters. The maximum absolute atomic E-state index is 11.7. The Balaban J connectivity index is 1.97. The SMILES string of the molecule is NCCCCC(=O)Nc1cccc(-n2cccc2)c1. The van der Waals surface area contributed by atoms with Crippen LogP contribution in [0.15, 0.2) is 48.8 Å². The van der Waals surface area contributed by atoms with Gasteiger partial charge in [0.15, 0.2) is 0 Å². The quantitative estimate of drug-likeness (QED) is 0.781. The number of hydrogen-bond donors (Lipinski definition) is 2. The fraction of sp³-hybridized carbons (Fsp3) is 0.267. The summed E-state index contributed by atoms with van der Waals surface area (Å²) in [6, 6.07) is 11.7. The van der Waals surface area contributed by atoms with Gasteiger partial charge in [0.05, 0.1) is 0 Å². The van der Waals surface area contributed by atoms with Crippen LogP contribution in [-0.2, 0) is 4.79 Å². The van der Waals surface area contributed by atoms with Gasteiger partial charge in [0.2, 0.25) is 5.91 Å². The molecule has 19 heavy (non-hydrogen) atoms. The van der Waals surface area contributed by atoms with E-state index in [1.54, 1.807) is 0 Å². The lowest BCUT2D eigenvalue weighted by molar-refractivity contribution is -0.116. The molecule has 3 N–H and O–H groups in total. The van der Waals surface area contributed by atoms with E-state index >= 15 is 0 Å². The summed E-state index contributed by atoms with van der Waals surface area (Å²) in [6.07, 6.45) is 6.19. The fourth-order valence-corrected chi connectivity index (χ4v) is 1.90. The molecule has 0 aliphatic rings. The predicted octanol–water partition coefficient (Wildman–Crippen LogP) is 2.54. The van der Waals surface area contributed by atoms with Gasteiger partial charge in [0.1, 0.15) is 0 Å². The summed E-state index contributed by atoms with van der Waals surface area (Å²) in [5.41, 5.74) is 7.26. The summed E-state index contributed by atoms with van der Waals surface area (Å²) in [4.78, 5) is 11.7. The Bertz CT molecular complexity index is 520. The Morgan fingerprint density at radius 3 is 2.68 bits per heavy atom. The van der Waals surface area contributed by atoms with E-state index < -0.39 is 0 Å². The molecule has 0 fully saturated rings. The summed E-state index contributed by atoms with van der Waals surface area (Å²) in [6.45, 7) is 0.635. The first kappa shape index (κ1) is 13.4. The Kier molecular flexibility index (Phi) is 4.75. The maximum atomic E-state index is 11.7. The normalized spacial score (nSPS) is 10.4. The van der Waals surface area contributed by atoms with Crippen molar-refractivity contribution in [3.05, 3.63) is 48.8 Å². The van der Waals surface area contributed by atoms with E-state index in [1.165, 1.54) is 0 Å². The molecule has 1 heterocycles. The molecule has 4 nitrogen and oxygen atoms in total. The molecule has 100 valence electrons. The van der Waals surface area contributed by atoms with Gasteiger partial charge >= 0.3 is 0 Å². The van der Waals surface area contributed by atoms with Crippen LogP contribution in [0.1, 0.15) is 19.3 Å². The molecule has 2 rings (SSSR count). The van der Waals surface area contributed by atoms with Crippen molar-refractivity contribution in [3.63, 3.8) is 0 Å². The van der Waals surface area contributed by atoms with Crippen molar-refractivity contribution in [2.24, 2.45) is 5.73 Å². The van der Waals surface area contributed by atoms with E-state index in [0.717, 1.165) is 24.2 Å². The standard InChI is InChI=1S/C15H19N3O/c16-9-2-1-8-15(19)17-13-6-5-7-14(12-13)18-10-3-4-11-18/h3-7,10-12H,1-2,8-9,16H2,(H,17,19). The van der Waals surface area contributed by atoms with Gasteiger partial charge in [-0.15, -0.1) is 0 Å². The van der Waals surface area contributed by atoms with Gasteiger partial charge in [0.25, 0.3) is 0 Å². The Morgan fingerprint density at radius 1 is 1.16 bits per heavy atom. The lowest BCUT2D eigenvalue weighted by Crippen LogP contribution is -2.12. The molecule has 4 heteroatoms. The lowest BCUT2D eigenvalue weighted by Gasteiger charge is -2.08. The summed E-state index contributed by atoms with van der Waals surface area (Å²) in [7, 11) is 0. The zero-order chi connectivity index (χ0) is 13.5. The largest absolute Gasteiger partial charge is 0.330 e. The Labute approximate surface area is 113 Å². The summed E-state index contributed by atoms with van der Waals surface area (Å²) < 4.78 is 2.00. The zero-order valence-corrected chi connectivity index (χ0v) is 10.9. The van der Waals surface area contributed by atoms with Crippen LogP contribution in [0.2, 0.25) is 0 Å². The van der Waals surface area contributed by atoms with E-state index in [-0.39, 0.29) is 5.91 Å². The molecule has 1 aromatic heterocycles. The first-order valence-electron chi connectivity index (χ1n) is 6.53. The highest BCUT2D eigenvalue weighted by Gasteiger charge is 2.03. The molecule has 0 aliphatic carbocycles. The van der Waals surface area contributed by atoms with Gasteiger partial charge in [-0.2, -0.15) is 0 Å². The molecule has 0 aliphatic heterocycles. The Morgan fingerprint density at radius 2 is 1.95 bits per heavy atom. The number of rotatable bonds is 6. The minimum Gasteiger partial charge on any atom is -0.330 e. The van der Waals surface area contributed by atoms with Crippen molar-refractivity contribution in [1.29, 1.82) is 0 Å². The molecule has 0 saturated heterocycles. The highest BCUT2D eigenvalue weighted by molar-refractivity contribution is 5.90. The van der Waals surface area contributed by atoms with Crippen molar-refractivity contribution >= 4 is 11.6 Å². The fourth-order valence-electron chi connectivity index (χ4n) is 1.90. The topological polar surface area (TPSA) is 60.1 Å². The number of nitrogens with zero attached hydrogens (tertiary/aromatic N) is 1. The third-order valence-corrected chi connectivity index (χ3v) is 2.89. The molecule has 1 amide bonds. The van der Waals surface area contributed by atoms with Crippen LogP contribution in [0.5, 0.6) is 0 Å². The number of nitrogens with one attached hydrogen (secondary N) is 1. The van der Waals surface area contributed by atoms with E-state index in [9.17, 15) is 4.79 Å². The molecule has 1 aromatic carbocycles. The van der Waals surface area contributed by atoms with Crippen LogP contribution in [0.3, 0.4) is 0 Å².